The first-order chi connectivity index (χ1) is 18.6. The van der Waals surface area contributed by atoms with Crippen LogP contribution in [0.1, 0.15) is 129 Å². The number of benzene rings is 1. The topological polar surface area (TPSA) is 55.2 Å². The molecule has 0 spiro atoms. The molecule has 3 rings (SSSR count). The molecule has 1 aromatic carbocycles. The van der Waals surface area contributed by atoms with Crippen molar-refractivity contribution >= 4 is 29.4 Å². The van der Waals surface area contributed by atoms with Crippen LogP contribution >= 0.6 is 11.6 Å². The zero-order valence-corrected chi connectivity index (χ0v) is 26.0. The summed E-state index contributed by atoms with van der Waals surface area (Å²) >= 11 is 5.92. The lowest BCUT2D eigenvalue weighted by Gasteiger charge is -2.27. The predicted molar refractivity (Wildman–Crippen MR) is 161 cm³/mol. The summed E-state index contributed by atoms with van der Waals surface area (Å²) in [5.74, 6) is 1.03. The standard InChI is InChI=1S/C17H18ClF2N3.C13H24O.C2H6/c1-4-12-14(5-2)22-17(18)23-16(12)21-9-11-7-6-8-13(10(3)19)15(11)20;1-4-11(2)7-10-13(12(3)14)8-5-6-9-13;1-2/h6-10H,4-5H2,1-3H3;11H,4-10H2,1-3H3;1-2H3. The number of aliphatic imine (C=N–C) groups is 1. The van der Waals surface area contributed by atoms with E-state index >= 15 is 0 Å². The fourth-order valence-electron chi connectivity index (χ4n) is 4.91. The Morgan fingerprint density at radius 2 is 1.77 bits per heavy atom. The third kappa shape index (κ3) is 10.0. The molecule has 1 saturated carbocycles. The van der Waals surface area contributed by atoms with Crippen molar-refractivity contribution in [3.8, 4) is 0 Å². The van der Waals surface area contributed by atoms with E-state index in [0.29, 0.717) is 24.4 Å². The Balaban J connectivity index is 0.000000407. The molecule has 0 aliphatic heterocycles. The van der Waals surface area contributed by atoms with Crippen LogP contribution in [0.15, 0.2) is 23.2 Å². The molecule has 0 bridgehead atoms. The van der Waals surface area contributed by atoms with Gasteiger partial charge in [-0.05, 0) is 69.9 Å². The number of rotatable bonds is 10. The van der Waals surface area contributed by atoms with Crippen molar-refractivity contribution in [2.24, 2.45) is 16.3 Å². The first-order valence-electron chi connectivity index (χ1n) is 14.6. The van der Waals surface area contributed by atoms with Crippen molar-refractivity contribution < 1.29 is 13.6 Å². The van der Waals surface area contributed by atoms with Gasteiger partial charge in [0.05, 0.1) is 5.69 Å². The number of Topliss-reactive ketones (excluding diaryl/α,β-unsaturated/α-hetero) is 1. The maximum absolute atomic E-state index is 14.2. The highest BCUT2D eigenvalue weighted by Gasteiger charge is 2.37. The van der Waals surface area contributed by atoms with Crippen LogP contribution in [0.3, 0.4) is 0 Å². The van der Waals surface area contributed by atoms with E-state index in [9.17, 15) is 13.6 Å². The molecule has 1 aliphatic carbocycles. The number of carbonyl (C=O) groups excluding carboxylic acids is 1. The van der Waals surface area contributed by atoms with E-state index in [0.717, 1.165) is 36.4 Å². The Labute approximate surface area is 240 Å². The number of aromatic nitrogens is 2. The van der Waals surface area contributed by atoms with E-state index in [4.69, 9.17) is 11.6 Å². The fraction of sp³-hybridized carbons (Fsp3) is 0.625. The van der Waals surface area contributed by atoms with Crippen LogP contribution in [0.2, 0.25) is 5.28 Å². The molecule has 39 heavy (non-hydrogen) atoms. The number of nitrogens with zero attached hydrogens (tertiary/aromatic N) is 3. The third-order valence-electron chi connectivity index (χ3n) is 7.67. The monoisotopic (exact) mass is 563 g/mol. The van der Waals surface area contributed by atoms with Gasteiger partial charge in [-0.15, -0.1) is 0 Å². The summed E-state index contributed by atoms with van der Waals surface area (Å²) in [5, 5.41) is 0.109. The van der Waals surface area contributed by atoms with Gasteiger partial charge in [0.15, 0.2) is 5.82 Å². The molecule has 0 N–H and O–H groups in total. The summed E-state index contributed by atoms with van der Waals surface area (Å²) in [6.45, 7) is 15.6. The number of halogens is 3. The van der Waals surface area contributed by atoms with Crippen molar-refractivity contribution in [2.75, 3.05) is 0 Å². The maximum Gasteiger partial charge on any atom is 0.224 e. The van der Waals surface area contributed by atoms with Gasteiger partial charge in [0.2, 0.25) is 5.28 Å². The average molecular weight is 564 g/mol. The van der Waals surface area contributed by atoms with Crippen molar-refractivity contribution in [1.82, 2.24) is 9.97 Å². The molecular formula is C32H48ClF2N3O. The molecular weight excluding hydrogens is 516 g/mol. The molecule has 4 nitrogen and oxygen atoms in total. The summed E-state index contributed by atoms with van der Waals surface area (Å²) in [6.07, 6.45) is 9.81. The molecule has 7 heteroatoms. The van der Waals surface area contributed by atoms with E-state index in [1.807, 2.05) is 27.7 Å². The molecule has 0 radical (unpaired) electrons. The van der Waals surface area contributed by atoms with Gasteiger partial charge in [-0.3, -0.25) is 4.79 Å². The Morgan fingerprint density at radius 1 is 1.13 bits per heavy atom. The summed E-state index contributed by atoms with van der Waals surface area (Å²) in [7, 11) is 0. The van der Waals surface area contributed by atoms with Gasteiger partial charge in [-0.2, -0.15) is 4.98 Å². The fourth-order valence-corrected chi connectivity index (χ4v) is 5.09. The zero-order valence-electron chi connectivity index (χ0n) is 25.2. The molecule has 0 saturated heterocycles. The molecule has 1 heterocycles. The van der Waals surface area contributed by atoms with Gasteiger partial charge < -0.3 is 0 Å². The Bertz CT molecular complexity index is 1070. The van der Waals surface area contributed by atoms with Crippen molar-refractivity contribution in [3.63, 3.8) is 0 Å². The molecule has 1 fully saturated rings. The highest BCUT2D eigenvalue weighted by atomic mass is 35.5. The summed E-state index contributed by atoms with van der Waals surface area (Å²) in [5.41, 5.74) is 2.01. The van der Waals surface area contributed by atoms with Gasteiger partial charge in [0.25, 0.3) is 0 Å². The van der Waals surface area contributed by atoms with Gasteiger partial charge in [0.1, 0.15) is 17.8 Å². The second-order valence-electron chi connectivity index (χ2n) is 10.2. The second kappa shape index (κ2) is 17.5. The Kier molecular flexibility index (Phi) is 15.6. The number of alkyl halides is 1. The lowest BCUT2D eigenvalue weighted by molar-refractivity contribution is -0.126. The van der Waals surface area contributed by atoms with Gasteiger partial charge in [-0.1, -0.05) is 79.0 Å². The van der Waals surface area contributed by atoms with Crippen molar-refractivity contribution in [1.29, 1.82) is 0 Å². The molecule has 218 valence electrons. The molecule has 2 unspecified atom stereocenters. The van der Waals surface area contributed by atoms with Crippen LogP contribution in [0.5, 0.6) is 0 Å². The van der Waals surface area contributed by atoms with Gasteiger partial charge in [-0.25, -0.2) is 18.8 Å². The van der Waals surface area contributed by atoms with E-state index < -0.39 is 12.0 Å². The first kappa shape index (κ1) is 34.8. The Hall–Kier alpha value is -2.21. The van der Waals surface area contributed by atoms with E-state index in [1.54, 1.807) is 19.1 Å². The highest BCUT2D eigenvalue weighted by Crippen LogP contribution is 2.43. The number of ketones is 1. The molecule has 0 amide bonds. The van der Waals surface area contributed by atoms with Crippen LogP contribution in [0.4, 0.5) is 14.6 Å². The van der Waals surface area contributed by atoms with Crippen molar-refractivity contribution in [2.45, 2.75) is 119 Å². The zero-order chi connectivity index (χ0) is 29.6. The minimum atomic E-state index is -1.38. The van der Waals surface area contributed by atoms with E-state index in [-0.39, 0.29) is 21.8 Å². The van der Waals surface area contributed by atoms with Gasteiger partial charge >= 0.3 is 0 Å². The molecule has 2 aromatic rings. The van der Waals surface area contributed by atoms with Crippen LogP contribution in [-0.2, 0) is 17.6 Å². The van der Waals surface area contributed by atoms with E-state index in [2.05, 4.69) is 28.8 Å². The minimum Gasteiger partial charge on any atom is -0.299 e. The largest absolute Gasteiger partial charge is 0.299 e. The van der Waals surface area contributed by atoms with Crippen LogP contribution in [0.25, 0.3) is 0 Å². The number of aryl methyl sites for hydroxylation is 1. The van der Waals surface area contributed by atoms with E-state index in [1.165, 1.54) is 44.9 Å². The number of hydrogen-bond donors (Lipinski definition) is 0. The summed E-state index contributed by atoms with van der Waals surface area (Å²) in [4.78, 5) is 24.2. The minimum absolute atomic E-state index is 0.0135. The number of carbonyl (C=O) groups is 1. The summed E-state index contributed by atoms with van der Waals surface area (Å²) < 4.78 is 27.6. The highest BCUT2D eigenvalue weighted by molar-refractivity contribution is 6.28. The van der Waals surface area contributed by atoms with Crippen molar-refractivity contribution in [3.05, 3.63) is 51.7 Å². The smallest absolute Gasteiger partial charge is 0.224 e. The molecule has 1 aliphatic rings. The van der Waals surface area contributed by atoms with Gasteiger partial charge in [0, 0.05) is 28.3 Å². The van der Waals surface area contributed by atoms with Crippen LogP contribution in [0, 0.1) is 17.2 Å². The maximum atomic E-state index is 14.2. The lowest BCUT2D eigenvalue weighted by Crippen LogP contribution is -2.26. The molecule has 2 atom stereocenters. The van der Waals surface area contributed by atoms with Crippen LogP contribution < -0.4 is 0 Å². The number of hydrogen-bond acceptors (Lipinski definition) is 4. The molecule has 1 aromatic heterocycles. The Morgan fingerprint density at radius 3 is 2.28 bits per heavy atom. The quantitative estimate of drug-likeness (QED) is 0.213. The third-order valence-corrected chi connectivity index (χ3v) is 7.83. The predicted octanol–water partition coefficient (Wildman–Crippen LogP) is 10.2. The normalized spacial score (nSPS) is 15.7. The summed E-state index contributed by atoms with van der Waals surface area (Å²) in [6, 6.07) is 4.56. The SMILES string of the molecule is CC.CCC(C)CCC1(C(C)=O)CCCC1.CCc1nc(Cl)nc(N=Cc2cccc(C(C)F)c2F)c1CC. The second-order valence-corrected chi connectivity index (χ2v) is 10.5. The average Bonchev–Trinajstić information content (AvgIpc) is 3.42. The first-order valence-corrected chi connectivity index (χ1v) is 15.0. The lowest BCUT2D eigenvalue weighted by atomic mass is 9.76. The van der Waals surface area contributed by atoms with Crippen LogP contribution in [-0.4, -0.2) is 22.0 Å².